The number of hydrogen-bond donors (Lipinski definition) is 1. The van der Waals surface area contributed by atoms with E-state index in [1.165, 1.54) is 0 Å². The molecule has 32 heavy (non-hydrogen) atoms. The van der Waals surface area contributed by atoms with E-state index in [1.807, 2.05) is 45.0 Å². The lowest BCUT2D eigenvalue weighted by molar-refractivity contribution is -0.121. The molecule has 9 nitrogen and oxygen atoms in total. The smallest absolute Gasteiger partial charge is 0.410 e. The number of anilines is 1. The average molecular weight is 443 g/mol. The number of nitrogens with zero attached hydrogens (tertiary/aromatic N) is 3. The number of carbonyl (C=O) groups is 2. The number of likely N-dealkylation sites (tertiary alicyclic amines) is 1. The van der Waals surface area contributed by atoms with Crippen LogP contribution in [0.2, 0.25) is 0 Å². The van der Waals surface area contributed by atoms with E-state index in [9.17, 15) is 9.59 Å². The first-order chi connectivity index (χ1) is 15.3. The number of amides is 2. The lowest BCUT2D eigenvalue weighted by Crippen LogP contribution is -2.45. The zero-order valence-corrected chi connectivity index (χ0v) is 18.7. The van der Waals surface area contributed by atoms with Crippen molar-refractivity contribution in [3.05, 3.63) is 36.7 Å². The standard InChI is InChI=1S/C23H30N4O5/c1-23(2,3)32-22(29)26-10-6-7-16(12-26)21(28)25-17-11-24-27(13-17)14-18-15-30-19-8-4-5-9-20(19)31-18/h4-5,8-9,11,13,16,18H,6-7,10,12,14-15H2,1-3H3,(H,25,28). The number of carbonyl (C=O) groups excluding carboxylic acids is 2. The molecule has 2 unspecified atom stereocenters. The lowest BCUT2D eigenvalue weighted by atomic mass is 9.97. The maximum absolute atomic E-state index is 12.8. The van der Waals surface area contributed by atoms with Crippen LogP contribution in [0.4, 0.5) is 10.5 Å². The molecular formula is C23H30N4O5. The van der Waals surface area contributed by atoms with Crippen molar-refractivity contribution in [1.29, 1.82) is 0 Å². The predicted octanol–water partition coefficient (Wildman–Crippen LogP) is 3.31. The van der Waals surface area contributed by atoms with Crippen LogP contribution in [-0.4, -0.2) is 58.1 Å². The van der Waals surface area contributed by atoms with Gasteiger partial charge < -0.3 is 24.4 Å². The Morgan fingerprint density at radius 3 is 2.81 bits per heavy atom. The minimum Gasteiger partial charge on any atom is -0.486 e. The first-order valence-electron chi connectivity index (χ1n) is 11.0. The highest BCUT2D eigenvalue weighted by Gasteiger charge is 2.31. The average Bonchev–Trinajstić information content (AvgIpc) is 3.19. The summed E-state index contributed by atoms with van der Waals surface area (Å²) < 4.78 is 18.9. The summed E-state index contributed by atoms with van der Waals surface area (Å²) in [5.41, 5.74) is 0.0530. The van der Waals surface area contributed by atoms with Gasteiger partial charge in [0.1, 0.15) is 12.2 Å². The molecule has 9 heteroatoms. The largest absolute Gasteiger partial charge is 0.486 e. The normalized spacial score (nSPS) is 20.5. The van der Waals surface area contributed by atoms with E-state index in [1.54, 1.807) is 22.0 Å². The van der Waals surface area contributed by atoms with Crippen molar-refractivity contribution >= 4 is 17.7 Å². The minimum atomic E-state index is -0.559. The van der Waals surface area contributed by atoms with Crippen LogP contribution in [0.5, 0.6) is 11.5 Å². The van der Waals surface area contributed by atoms with Crippen LogP contribution < -0.4 is 14.8 Å². The Labute approximate surface area is 187 Å². The molecule has 172 valence electrons. The molecule has 0 radical (unpaired) electrons. The molecule has 0 aliphatic carbocycles. The van der Waals surface area contributed by atoms with Gasteiger partial charge in [-0.15, -0.1) is 0 Å². The maximum Gasteiger partial charge on any atom is 0.410 e. The molecule has 1 aromatic heterocycles. The van der Waals surface area contributed by atoms with E-state index >= 15 is 0 Å². The quantitative estimate of drug-likeness (QED) is 0.781. The van der Waals surface area contributed by atoms with Gasteiger partial charge >= 0.3 is 6.09 Å². The number of ether oxygens (including phenoxy) is 3. The number of piperidine rings is 1. The number of aromatic nitrogens is 2. The van der Waals surface area contributed by atoms with Gasteiger partial charge in [0.15, 0.2) is 17.6 Å². The number of hydrogen-bond acceptors (Lipinski definition) is 6. The zero-order valence-electron chi connectivity index (χ0n) is 18.7. The summed E-state index contributed by atoms with van der Waals surface area (Å²) in [6, 6.07) is 7.56. The molecule has 0 spiro atoms. The molecule has 2 amide bonds. The van der Waals surface area contributed by atoms with E-state index in [2.05, 4.69) is 10.4 Å². The SMILES string of the molecule is CC(C)(C)OC(=O)N1CCCC(C(=O)Nc2cnn(CC3COc4ccccc4O3)c2)C1. The van der Waals surface area contributed by atoms with Crippen molar-refractivity contribution in [2.45, 2.75) is 51.9 Å². The number of para-hydroxylation sites is 2. The van der Waals surface area contributed by atoms with Gasteiger partial charge in [-0.25, -0.2) is 4.79 Å². The van der Waals surface area contributed by atoms with E-state index in [-0.39, 0.29) is 24.0 Å². The fourth-order valence-electron chi connectivity index (χ4n) is 3.82. The minimum absolute atomic E-state index is 0.121. The van der Waals surface area contributed by atoms with E-state index in [0.717, 1.165) is 24.3 Å². The molecule has 2 atom stereocenters. The Hall–Kier alpha value is -3.23. The van der Waals surface area contributed by atoms with Crippen LogP contribution in [0, 0.1) is 5.92 Å². The summed E-state index contributed by atoms with van der Waals surface area (Å²) in [6.45, 7) is 7.38. The van der Waals surface area contributed by atoms with Gasteiger partial charge in [-0.2, -0.15) is 5.10 Å². The van der Waals surface area contributed by atoms with Crippen molar-refractivity contribution < 1.29 is 23.8 Å². The third kappa shape index (κ3) is 5.52. The summed E-state index contributed by atoms with van der Waals surface area (Å²) >= 11 is 0. The second-order valence-corrected chi connectivity index (χ2v) is 9.20. The van der Waals surface area contributed by atoms with Gasteiger partial charge in [0.25, 0.3) is 0 Å². The van der Waals surface area contributed by atoms with Crippen molar-refractivity contribution in [2.75, 3.05) is 25.0 Å². The molecule has 2 aromatic rings. The summed E-state index contributed by atoms with van der Waals surface area (Å²) in [5, 5.41) is 7.25. The number of rotatable bonds is 4. The fourth-order valence-corrected chi connectivity index (χ4v) is 3.82. The summed E-state index contributed by atoms with van der Waals surface area (Å²) in [6.07, 6.45) is 4.33. The second kappa shape index (κ2) is 9.10. The van der Waals surface area contributed by atoms with Crippen molar-refractivity contribution in [1.82, 2.24) is 14.7 Å². The van der Waals surface area contributed by atoms with Gasteiger partial charge in [0, 0.05) is 19.3 Å². The van der Waals surface area contributed by atoms with Crippen molar-refractivity contribution in [3.8, 4) is 11.5 Å². The van der Waals surface area contributed by atoms with E-state index in [0.29, 0.717) is 31.9 Å². The van der Waals surface area contributed by atoms with Crippen LogP contribution in [0.3, 0.4) is 0 Å². The van der Waals surface area contributed by atoms with Gasteiger partial charge in [0.05, 0.1) is 24.3 Å². The highest BCUT2D eigenvalue weighted by molar-refractivity contribution is 5.92. The first kappa shape index (κ1) is 22.0. The van der Waals surface area contributed by atoms with Crippen LogP contribution in [0.15, 0.2) is 36.7 Å². The van der Waals surface area contributed by atoms with Crippen molar-refractivity contribution in [2.24, 2.45) is 5.92 Å². The maximum atomic E-state index is 12.8. The number of benzene rings is 1. The Balaban J connectivity index is 1.29. The summed E-state index contributed by atoms with van der Waals surface area (Å²) in [4.78, 5) is 26.7. The van der Waals surface area contributed by atoms with E-state index < -0.39 is 5.60 Å². The molecule has 1 saturated heterocycles. The van der Waals surface area contributed by atoms with Gasteiger partial charge in [-0.1, -0.05) is 12.1 Å². The molecule has 0 bridgehead atoms. The third-order valence-electron chi connectivity index (χ3n) is 5.30. The zero-order chi connectivity index (χ0) is 22.7. The van der Waals surface area contributed by atoms with Gasteiger partial charge in [-0.3, -0.25) is 9.48 Å². The number of fused-ring (bicyclic) bond motifs is 1. The second-order valence-electron chi connectivity index (χ2n) is 9.20. The summed E-state index contributed by atoms with van der Waals surface area (Å²) in [5.74, 6) is 1.05. The molecule has 0 saturated carbocycles. The monoisotopic (exact) mass is 442 g/mol. The molecular weight excluding hydrogens is 412 g/mol. The molecule has 1 N–H and O–H groups in total. The molecule has 1 aromatic carbocycles. The Kier molecular flexibility index (Phi) is 6.25. The Morgan fingerprint density at radius 2 is 2.03 bits per heavy atom. The third-order valence-corrected chi connectivity index (χ3v) is 5.30. The van der Waals surface area contributed by atoms with Crippen LogP contribution in [-0.2, 0) is 16.1 Å². The molecule has 1 fully saturated rings. The first-order valence-corrected chi connectivity index (χ1v) is 11.0. The number of nitrogens with one attached hydrogen (secondary N) is 1. The van der Waals surface area contributed by atoms with Gasteiger partial charge in [-0.05, 0) is 45.7 Å². The van der Waals surface area contributed by atoms with E-state index in [4.69, 9.17) is 14.2 Å². The molecule has 3 heterocycles. The van der Waals surface area contributed by atoms with Gasteiger partial charge in [0.2, 0.25) is 5.91 Å². The molecule has 4 rings (SSSR count). The molecule has 2 aliphatic heterocycles. The fraction of sp³-hybridized carbons (Fsp3) is 0.522. The highest BCUT2D eigenvalue weighted by atomic mass is 16.6. The van der Waals surface area contributed by atoms with Crippen LogP contribution >= 0.6 is 0 Å². The summed E-state index contributed by atoms with van der Waals surface area (Å²) in [7, 11) is 0. The van der Waals surface area contributed by atoms with Crippen molar-refractivity contribution in [3.63, 3.8) is 0 Å². The van der Waals surface area contributed by atoms with Crippen LogP contribution in [0.25, 0.3) is 0 Å². The molecule has 2 aliphatic rings. The highest BCUT2D eigenvalue weighted by Crippen LogP contribution is 2.31. The topological polar surface area (TPSA) is 94.9 Å². The van der Waals surface area contributed by atoms with Crippen LogP contribution in [0.1, 0.15) is 33.6 Å². The Bertz CT molecular complexity index is 967. The lowest BCUT2D eigenvalue weighted by Gasteiger charge is -2.33. The predicted molar refractivity (Wildman–Crippen MR) is 118 cm³/mol. The Morgan fingerprint density at radius 1 is 1.25 bits per heavy atom.